The molecule has 1 amide bonds. The van der Waals surface area contributed by atoms with E-state index < -0.39 is 5.60 Å². The van der Waals surface area contributed by atoms with Gasteiger partial charge in [-0.25, -0.2) is 4.79 Å². The van der Waals surface area contributed by atoms with Crippen molar-refractivity contribution in [2.24, 2.45) is 0 Å². The second kappa shape index (κ2) is 9.04. The fourth-order valence-electron chi connectivity index (χ4n) is 2.96. The van der Waals surface area contributed by atoms with Gasteiger partial charge in [-0.2, -0.15) is 0 Å². The fraction of sp³-hybridized carbons (Fsp3) is 0.684. The summed E-state index contributed by atoms with van der Waals surface area (Å²) in [5, 5.41) is 0. The van der Waals surface area contributed by atoms with Gasteiger partial charge in [0.25, 0.3) is 0 Å². The van der Waals surface area contributed by atoms with Crippen LogP contribution in [-0.4, -0.2) is 48.2 Å². The number of likely N-dealkylation sites (tertiary alicyclic amines) is 1. The summed E-state index contributed by atoms with van der Waals surface area (Å²) in [6.45, 7) is 6.91. The Labute approximate surface area is 149 Å². The van der Waals surface area contributed by atoms with Crippen molar-refractivity contribution in [2.45, 2.75) is 64.5 Å². The van der Waals surface area contributed by atoms with E-state index >= 15 is 0 Å². The third-order valence-electron chi connectivity index (χ3n) is 4.11. The number of Topliss-reactive ketones (excluding diaryl/α,β-unsaturated/α-hetero) is 1. The minimum Gasteiger partial charge on any atom is -0.461 e. The molecule has 0 aliphatic carbocycles. The van der Waals surface area contributed by atoms with Crippen molar-refractivity contribution in [3.63, 3.8) is 0 Å². The molecular weight excluding hydrogens is 322 g/mol. The third kappa shape index (κ3) is 6.53. The molecule has 1 aliphatic heterocycles. The normalized spacial score (nSPS) is 18.2. The minimum absolute atomic E-state index is 0.0218. The van der Waals surface area contributed by atoms with Crippen LogP contribution in [0, 0.1) is 0 Å². The molecule has 1 saturated heterocycles. The predicted molar refractivity (Wildman–Crippen MR) is 93.7 cm³/mol. The van der Waals surface area contributed by atoms with E-state index in [9.17, 15) is 9.59 Å². The monoisotopic (exact) mass is 351 g/mol. The molecule has 25 heavy (non-hydrogen) atoms. The third-order valence-corrected chi connectivity index (χ3v) is 4.11. The van der Waals surface area contributed by atoms with Crippen molar-refractivity contribution < 1.29 is 23.5 Å². The number of hydrogen-bond donors (Lipinski definition) is 0. The zero-order chi connectivity index (χ0) is 18.3. The largest absolute Gasteiger partial charge is 0.461 e. The van der Waals surface area contributed by atoms with E-state index in [1.165, 1.54) is 6.26 Å². The molecular formula is C19H29NO5. The number of ether oxygens (including phenoxy) is 2. The average molecular weight is 351 g/mol. The van der Waals surface area contributed by atoms with Gasteiger partial charge in [0, 0.05) is 19.2 Å². The Morgan fingerprint density at radius 1 is 1.32 bits per heavy atom. The Bertz CT molecular complexity index is 547. The van der Waals surface area contributed by atoms with Crippen molar-refractivity contribution in [2.75, 3.05) is 19.8 Å². The van der Waals surface area contributed by atoms with E-state index in [0.29, 0.717) is 12.4 Å². The molecule has 0 aromatic carbocycles. The summed E-state index contributed by atoms with van der Waals surface area (Å²) >= 11 is 0. The van der Waals surface area contributed by atoms with E-state index in [1.54, 1.807) is 12.1 Å². The van der Waals surface area contributed by atoms with Gasteiger partial charge < -0.3 is 18.8 Å². The van der Waals surface area contributed by atoms with E-state index in [4.69, 9.17) is 13.9 Å². The number of carbonyl (C=O) groups excluding carboxylic acids is 2. The summed E-state index contributed by atoms with van der Waals surface area (Å²) in [5.74, 6) is 0.168. The molecule has 2 heterocycles. The standard InChI is InChI=1S/C19H29NO5/c1-19(2,3)25-18(22)20-11-5-4-8-15(20)9-6-12-23-14-16(21)17-10-7-13-24-17/h7,10,13,15H,4-6,8-9,11-12,14H2,1-3H3/t15-/m0/s1. The highest BCUT2D eigenvalue weighted by Gasteiger charge is 2.30. The first-order chi connectivity index (χ1) is 11.9. The first-order valence-electron chi connectivity index (χ1n) is 9.01. The van der Waals surface area contributed by atoms with Gasteiger partial charge in [0.2, 0.25) is 5.78 Å². The highest BCUT2D eigenvalue weighted by atomic mass is 16.6. The Kier molecular flexibility index (Phi) is 7.05. The lowest BCUT2D eigenvalue weighted by Crippen LogP contribution is -2.46. The molecule has 140 valence electrons. The van der Waals surface area contributed by atoms with Crippen molar-refractivity contribution in [3.05, 3.63) is 24.2 Å². The maximum absolute atomic E-state index is 12.4. The zero-order valence-electron chi connectivity index (χ0n) is 15.5. The van der Waals surface area contributed by atoms with Crippen LogP contribution in [0.3, 0.4) is 0 Å². The summed E-state index contributed by atoms with van der Waals surface area (Å²) in [4.78, 5) is 26.0. The molecule has 0 spiro atoms. The predicted octanol–water partition coefficient (Wildman–Crippen LogP) is 4.05. The topological polar surface area (TPSA) is 69.0 Å². The van der Waals surface area contributed by atoms with Crippen molar-refractivity contribution >= 4 is 11.9 Å². The Balaban J connectivity index is 1.70. The maximum Gasteiger partial charge on any atom is 0.410 e. The van der Waals surface area contributed by atoms with Gasteiger partial charge in [-0.1, -0.05) is 0 Å². The number of hydrogen-bond acceptors (Lipinski definition) is 5. The Morgan fingerprint density at radius 3 is 2.80 bits per heavy atom. The quantitative estimate of drug-likeness (QED) is 0.547. The van der Waals surface area contributed by atoms with E-state index in [0.717, 1.165) is 38.6 Å². The van der Waals surface area contributed by atoms with Crippen LogP contribution in [0.15, 0.2) is 22.8 Å². The summed E-state index contributed by atoms with van der Waals surface area (Å²) in [7, 11) is 0. The van der Waals surface area contributed by atoms with Crippen LogP contribution in [-0.2, 0) is 9.47 Å². The lowest BCUT2D eigenvalue weighted by Gasteiger charge is -2.36. The molecule has 0 N–H and O–H groups in total. The smallest absolute Gasteiger partial charge is 0.410 e. The van der Waals surface area contributed by atoms with Crippen LogP contribution in [0.5, 0.6) is 0 Å². The molecule has 0 radical (unpaired) electrons. The van der Waals surface area contributed by atoms with Gasteiger partial charge in [0.15, 0.2) is 5.76 Å². The van der Waals surface area contributed by atoms with Gasteiger partial charge in [-0.05, 0) is 65.0 Å². The lowest BCUT2D eigenvalue weighted by atomic mass is 9.98. The highest BCUT2D eigenvalue weighted by molar-refractivity contribution is 5.94. The number of carbonyl (C=O) groups is 2. The second-order valence-corrected chi connectivity index (χ2v) is 7.42. The number of amides is 1. The number of ketones is 1. The lowest BCUT2D eigenvalue weighted by molar-refractivity contribution is 0.00758. The second-order valence-electron chi connectivity index (χ2n) is 7.42. The van der Waals surface area contributed by atoms with Crippen LogP contribution >= 0.6 is 0 Å². The van der Waals surface area contributed by atoms with Crippen molar-refractivity contribution in [1.29, 1.82) is 0 Å². The van der Waals surface area contributed by atoms with Crippen LogP contribution in [0.25, 0.3) is 0 Å². The summed E-state index contributed by atoms with van der Waals surface area (Å²) in [6, 6.07) is 3.50. The van der Waals surface area contributed by atoms with Crippen LogP contribution in [0.2, 0.25) is 0 Å². The van der Waals surface area contributed by atoms with E-state index in [1.807, 2.05) is 25.7 Å². The number of nitrogens with zero attached hydrogens (tertiary/aromatic N) is 1. The summed E-state index contributed by atoms with van der Waals surface area (Å²) < 4.78 is 16.0. The summed E-state index contributed by atoms with van der Waals surface area (Å²) in [5.41, 5.74) is -0.478. The zero-order valence-corrected chi connectivity index (χ0v) is 15.5. The van der Waals surface area contributed by atoms with Gasteiger partial charge in [0.05, 0.1) is 6.26 Å². The van der Waals surface area contributed by atoms with Gasteiger partial charge in [-0.3, -0.25) is 4.79 Å². The average Bonchev–Trinajstić information content (AvgIpc) is 3.07. The SMILES string of the molecule is CC(C)(C)OC(=O)N1CCCC[C@H]1CCCOCC(=O)c1ccco1. The molecule has 1 aliphatic rings. The minimum atomic E-state index is -0.478. The molecule has 6 heteroatoms. The summed E-state index contributed by atoms with van der Waals surface area (Å²) in [6.07, 6.45) is 6.03. The van der Waals surface area contributed by atoms with Gasteiger partial charge in [-0.15, -0.1) is 0 Å². The first-order valence-corrected chi connectivity index (χ1v) is 9.01. The van der Waals surface area contributed by atoms with E-state index in [-0.39, 0.29) is 24.5 Å². The molecule has 1 aromatic heterocycles. The maximum atomic E-state index is 12.4. The first kappa shape index (κ1) is 19.5. The number of furan rings is 1. The van der Waals surface area contributed by atoms with Crippen molar-refractivity contribution in [1.82, 2.24) is 4.90 Å². The molecule has 1 fully saturated rings. The van der Waals surface area contributed by atoms with Crippen molar-refractivity contribution in [3.8, 4) is 0 Å². The Hall–Kier alpha value is -1.82. The number of rotatable bonds is 7. The van der Waals surface area contributed by atoms with Gasteiger partial charge >= 0.3 is 6.09 Å². The fourth-order valence-corrected chi connectivity index (χ4v) is 2.96. The van der Waals surface area contributed by atoms with Crippen LogP contribution in [0.1, 0.15) is 63.4 Å². The number of piperidine rings is 1. The molecule has 2 rings (SSSR count). The molecule has 0 saturated carbocycles. The van der Waals surface area contributed by atoms with Crippen LogP contribution < -0.4 is 0 Å². The van der Waals surface area contributed by atoms with E-state index in [2.05, 4.69) is 0 Å². The molecule has 1 atom stereocenters. The highest BCUT2D eigenvalue weighted by Crippen LogP contribution is 2.23. The van der Waals surface area contributed by atoms with Crippen LogP contribution in [0.4, 0.5) is 4.79 Å². The molecule has 0 unspecified atom stereocenters. The van der Waals surface area contributed by atoms with Gasteiger partial charge in [0.1, 0.15) is 12.2 Å². The molecule has 6 nitrogen and oxygen atoms in total. The molecule has 0 bridgehead atoms. The molecule has 1 aromatic rings. The Morgan fingerprint density at radius 2 is 2.12 bits per heavy atom.